The number of halogens is 5. The summed E-state index contributed by atoms with van der Waals surface area (Å²) in [5.74, 6) is -4.00. The largest absolute Gasteiger partial charge is 0.398 e. The number of benzene rings is 2. The molecule has 3 atom stereocenters. The molecule has 2 aromatic rings. The van der Waals surface area contributed by atoms with Crippen molar-refractivity contribution in [2.75, 3.05) is 11.0 Å². The molecular weight excluding hydrogens is 491 g/mol. The smallest absolute Gasteiger partial charge is 0.349 e. The average Bonchev–Trinajstić information content (AvgIpc) is 3.48. The topological polar surface area (TPSA) is 75.3 Å². The number of aryl methyl sites for hydroxylation is 1. The number of alkyl halides is 3. The van der Waals surface area contributed by atoms with E-state index in [0.717, 1.165) is 24.0 Å². The highest BCUT2D eigenvalue weighted by Gasteiger charge is 2.52. The highest BCUT2D eigenvalue weighted by atomic mass is 32.2. The van der Waals surface area contributed by atoms with E-state index in [-0.39, 0.29) is 11.5 Å². The second-order valence-electron chi connectivity index (χ2n) is 9.61. The molecule has 0 saturated heterocycles. The minimum absolute atomic E-state index is 0.140. The number of hydrogen-bond donors (Lipinski definition) is 2. The van der Waals surface area contributed by atoms with Crippen LogP contribution in [0.3, 0.4) is 0 Å². The monoisotopic (exact) mass is 518 g/mol. The van der Waals surface area contributed by atoms with Crippen molar-refractivity contribution in [3.63, 3.8) is 0 Å². The summed E-state index contributed by atoms with van der Waals surface area (Å²) in [5, 5.41) is 2.82. The predicted molar refractivity (Wildman–Crippen MR) is 122 cm³/mol. The van der Waals surface area contributed by atoms with E-state index in [1.165, 1.54) is 0 Å². The molecular formula is C24H27F5N2O3S. The van der Waals surface area contributed by atoms with Crippen LogP contribution in [0, 0.1) is 24.5 Å². The molecule has 0 radical (unpaired) electrons. The Hall–Kier alpha value is -2.69. The minimum atomic E-state index is -4.84. The van der Waals surface area contributed by atoms with E-state index in [1.807, 2.05) is 0 Å². The van der Waals surface area contributed by atoms with Crippen LogP contribution >= 0.6 is 0 Å². The van der Waals surface area contributed by atoms with Gasteiger partial charge in [0.25, 0.3) is 0 Å². The normalized spacial score (nSPS) is 19.3. The van der Waals surface area contributed by atoms with Crippen LogP contribution in [-0.2, 0) is 20.2 Å². The molecule has 0 aliphatic heterocycles. The number of amides is 1. The van der Waals surface area contributed by atoms with E-state index in [4.69, 9.17) is 0 Å². The fourth-order valence-corrected chi connectivity index (χ4v) is 4.70. The predicted octanol–water partition coefficient (Wildman–Crippen LogP) is 5.47. The van der Waals surface area contributed by atoms with Gasteiger partial charge in [0, 0.05) is 11.5 Å². The lowest BCUT2D eigenvalue weighted by Gasteiger charge is -2.29. The maximum Gasteiger partial charge on any atom is 0.398 e. The van der Waals surface area contributed by atoms with Gasteiger partial charge in [-0.3, -0.25) is 9.52 Å². The van der Waals surface area contributed by atoms with Gasteiger partial charge in [0.1, 0.15) is 11.6 Å². The Labute approximate surface area is 201 Å². The Kier molecular flexibility index (Phi) is 6.97. The van der Waals surface area contributed by atoms with E-state index in [9.17, 15) is 35.2 Å². The van der Waals surface area contributed by atoms with Gasteiger partial charge in [-0.2, -0.15) is 13.2 Å². The third-order valence-electron chi connectivity index (χ3n) is 6.36. The molecule has 5 nitrogen and oxygen atoms in total. The van der Waals surface area contributed by atoms with Crippen LogP contribution < -0.4 is 10.0 Å². The van der Waals surface area contributed by atoms with Gasteiger partial charge in [-0.1, -0.05) is 12.1 Å². The van der Waals surface area contributed by atoms with Crippen molar-refractivity contribution in [2.45, 2.75) is 57.7 Å². The number of anilines is 1. The van der Waals surface area contributed by atoms with Gasteiger partial charge >= 0.3 is 6.18 Å². The fourth-order valence-electron chi connectivity index (χ4n) is 4.07. The number of nitrogens with one attached hydrogen (secondary N) is 2. The summed E-state index contributed by atoms with van der Waals surface area (Å²) >= 11 is 0. The summed E-state index contributed by atoms with van der Waals surface area (Å²) in [6.07, 6.45) is -3.49. The summed E-state index contributed by atoms with van der Waals surface area (Å²) in [6.45, 7) is 4.89. The SMILES string of the molecule is Cc1cc(C(C)NC(=O)C2CC2c2cc(F)c(C(C)(C)C(F)(F)F)c(F)c2)ccc1NS(C)(=O)=O. The second kappa shape index (κ2) is 9.07. The van der Waals surface area contributed by atoms with Crippen LogP contribution in [0.4, 0.5) is 27.6 Å². The quantitative estimate of drug-likeness (QED) is 0.478. The second-order valence-corrected chi connectivity index (χ2v) is 11.4. The van der Waals surface area contributed by atoms with Gasteiger partial charge in [0.2, 0.25) is 15.9 Å². The van der Waals surface area contributed by atoms with Gasteiger partial charge in [-0.05, 0) is 74.9 Å². The highest BCUT2D eigenvalue weighted by Crippen LogP contribution is 2.50. The van der Waals surface area contributed by atoms with Crippen LogP contribution in [0.15, 0.2) is 30.3 Å². The summed E-state index contributed by atoms with van der Waals surface area (Å²) < 4.78 is 94.3. The number of sulfonamides is 1. The standard InChI is InChI=1S/C24H27F5N2O3S/c1-12-8-14(6-7-20(12)31-35(5,33)34)13(2)30-22(32)17-11-16(17)15-9-18(25)21(19(26)10-15)23(3,4)24(27,28)29/h6-10,13,16-17,31H,11H2,1-5H3,(H,30,32). The first-order chi connectivity index (χ1) is 15.9. The molecule has 35 heavy (non-hydrogen) atoms. The molecule has 2 N–H and O–H groups in total. The Morgan fingerprint density at radius 2 is 1.66 bits per heavy atom. The van der Waals surface area contributed by atoms with E-state index in [0.29, 0.717) is 31.5 Å². The third-order valence-corrected chi connectivity index (χ3v) is 6.95. The molecule has 1 aliphatic carbocycles. The molecule has 192 valence electrons. The van der Waals surface area contributed by atoms with Gasteiger partial charge < -0.3 is 5.32 Å². The van der Waals surface area contributed by atoms with Gasteiger partial charge in [-0.15, -0.1) is 0 Å². The number of hydrogen-bond acceptors (Lipinski definition) is 3. The van der Waals surface area contributed by atoms with Gasteiger partial charge in [0.15, 0.2) is 0 Å². The van der Waals surface area contributed by atoms with E-state index in [1.54, 1.807) is 32.0 Å². The van der Waals surface area contributed by atoms with Crippen LogP contribution in [-0.4, -0.2) is 26.8 Å². The fraction of sp³-hybridized carbons (Fsp3) is 0.458. The van der Waals surface area contributed by atoms with E-state index >= 15 is 0 Å². The van der Waals surface area contributed by atoms with Crippen molar-refractivity contribution < 1.29 is 35.2 Å². The van der Waals surface area contributed by atoms with Crippen molar-refractivity contribution in [1.82, 2.24) is 5.32 Å². The first-order valence-electron chi connectivity index (χ1n) is 10.9. The lowest BCUT2D eigenvalue weighted by molar-refractivity contribution is -0.181. The molecule has 1 amide bonds. The molecule has 0 heterocycles. The number of carbonyl (C=O) groups excluding carboxylic acids is 1. The summed E-state index contributed by atoms with van der Waals surface area (Å²) in [4.78, 5) is 12.7. The summed E-state index contributed by atoms with van der Waals surface area (Å²) in [7, 11) is -3.44. The lowest BCUT2D eigenvalue weighted by atomic mass is 9.82. The summed E-state index contributed by atoms with van der Waals surface area (Å²) in [6, 6.07) is 6.31. The van der Waals surface area contributed by atoms with Crippen LogP contribution in [0.5, 0.6) is 0 Å². The van der Waals surface area contributed by atoms with Crippen LogP contribution in [0.1, 0.15) is 61.4 Å². The lowest BCUT2D eigenvalue weighted by Crippen LogP contribution is -2.38. The number of carbonyl (C=O) groups is 1. The average molecular weight is 519 g/mol. The minimum Gasteiger partial charge on any atom is -0.349 e. The van der Waals surface area contributed by atoms with Crippen molar-refractivity contribution >= 4 is 21.6 Å². The van der Waals surface area contributed by atoms with E-state index < -0.39 is 56.7 Å². The van der Waals surface area contributed by atoms with Gasteiger partial charge in [0.05, 0.1) is 23.4 Å². The zero-order chi connectivity index (χ0) is 26.5. The molecule has 1 aliphatic rings. The zero-order valence-electron chi connectivity index (χ0n) is 19.8. The molecule has 11 heteroatoms. The molecule has 0 spiro atoms. The Bertz CT molecular complexity index is 1240. The first-order valence-corrected chi connectivity index (χ1v) is 12.8. The van der Waals surface area contributed by atoms with Crippen molar-refractivity contribution in [1.29, 1.82) is 0 Å². The Morgan fingerprint density at radius 1 is 1.09 bits per heavy atom. The molecule has 2 aromatic carbocycles. The zero-order valence-corrected chi connectivity index (χ0v) is 20.7. The molecule has 1 saturated carbocycles. The Morgan fingerprint density at radius 3 is 2.14 bits per heavy atom. The maximum absolute atomic E-state index is 14.6. The molecule has 3 unspecified atom stereocenters. The number of rotatable bonds is 7. The van der Waals surface area contributed by atoms with Crippen molar-refractivity contribution in [3.05, 3.63) is 64.2 Å². The molecule has 3 rings (SSSR count). The van der Waals surface area contributed by atoms with Crippen molar-refractivity contribution in [2.24, 2.45) is 5.92 Å². The maximum atomic E-state index is 14.6. The highest BCUT2D eigenvalue weighted by molar-refractivity contribution is 7.92. The first kappa shape index (κ1) is 26.9. The van der Waals surface area contributed by atoms with Crippen molar-refractivity contribution in [3.8, 4) is 0 Å². The van der Waals surface area contributed by atoms with Gasteiger partial charge in [-0.25, -0.2) is 17.2 Å². The van der Waals surface area contributed by atoms with Crippen LogP contribution in [0.25, 0.3) is 0 Å². The Balaban J connectivity index is 1.71. The third kappa shape index (κ3) is 5.76. The summed E-state index contributed by atoms with van der Waals surface area (Å²) in [5.41, 5.74) is -1.82. The molecule has 1 fully saturated rings. The van der Waals surface area contributed by atoms with E-state index in [2.05, 4.69) is 10.0 Å². The molecule has 0 aromatic heterocycles. The van der Waals surface area contributed by atoms with Crippen LogP contribution in [0.2, 0.25) is 0 Å². The molecule has 0 bridgehead atoms.